The normalized spacial score (nSPS) is 12.1. The van der Waals surface area contributed by atoms with Crippen molar-refractivity contribution in [1.82, 2.24) is 9.55 Å². The predicted molar refractivity (Wildman–Crippen MR) is 144 cm³/mol. The molecule has 0 aliphatic carbocycles. The van der Waals surface area contributed by atoms with Crippen LogP contribution < -0.4 is 0 Å². The van der Waals surface area contributed by atoms with E-state index in [1.165, 1.54) is 71.2 Å². The molecule has 6 aromatic carbocycles. The molecule has 0 aliphatic rings. The number of fused-ring (bicyclic) bond motifs is 3. The predicted octanol–water partition coefficient (Wildman–Crippen LogP) is 8.68. The van der Waals surface area contributed by atoms with Crippen molar-refractivity contribution >= 4 is 54.4 Å². The van der Waals surface area contributed by atoms with E-state index in [1.54, 1.807) is 0 Å². The van der Waals surface area contributed by atoms with E-state index in [0.717, 1.165) is 0 Å². The highest BCUT2D eigenvalue weighted by Crippen LogP contribution is 2.43. The molecular formula is C32H20N2. The van der Waals surface area contributed by atoms with Crippen LogP contribution in [-0.4, -0.2) is 9.55 Å². The van der Waals surface area contributed by atoms with Gasteiger partial charge in [-0.2, -0.15) is 0 Å². The average molecular weight is 433 g/mol. The molecule has 2 heterocycles. The molecule has 0 amide bonds. The van der Waals surface area contributed by atoms with Gasteiger partial charge in [0.25, 0.3) is 0 Å². The molecule has 2 nitrogen and oxygen atoms in total. The Labute approximate surface area is 196 Å². The number of aromatic nitrogens is 2. The summed E-state index contributed by atoms with van der Waals surface area (Å²) in [7, 11) is 0. The summed E-state index contributed by atoms with van der Waals surface area (Å²) in [6.45, 7) is 0. The van der Waals surface area contributed by atoms with Crippen molar-refractivity contribution in [2.24, 2.45) is 0 Å². The molecule has 0 unspecified atom stereocenters. The second-order valence-corrected chi connectivity index (χ2v) is 9.10. The highest BCUT2D eigenvalue weighted by Gasteiger charge is 2.18. The molecule has 0 saturated heterocycles. The van der Waals surface area contributed by atoms with Crippen LogP contribution in [0.4, 0.5) is 0 Å². The summed E-state index contributed by atoms with van der Waals surface area (Å²) in [5, 5.41) is 7.81. The standard InChI is InChI=1S/C32H20N2/c1-2-8-22(9-3-1)34-29-12-6-7-20-13-15-25-23(16-18-30(34)32(25)31(20)29)21-14-17-28-26(19-21)24-10-4-5-11-27(24)33-28/h1-19,33H. The number of para-hydroxylation sites is 2. The summed E-state index contributed by atoms with van der Waals surface area (Å²) in [6, 6.07) is 41.8. The van der Waals surface area contributed by atoms with Gasteiger partial charge in [-0.3, -0.25) is 0 Å². The fraction of sp³-hybridized carbons (Fsp3) is 0. The van der Waals surface area contributed by atoms with E-state index in [4.69, 9.17) is 0 Å². The molecule has 0 saturated carbocycles. The Morgan fingerprint density at radius 1 is 0.500 bits per heavy atom. The van der Waals surface area contributed by atoms with Crippen molar-refractivity contribution in [2.45, 2.75) is 0 Å². The van der Waals surface area contributed by atoms with Gasteiger partial charge in [-0.05, 0) is 64.4 Å². The van der Waals surface area contributed by atoms with Gasteiger partial charge in [-0.1, -0.05) is 72.8 Å². The van der Waals surface area contributed by atoms with Crippen molar-refractivity contribution in [3.05, 3.63) is 115 Å². The van der Waals surface area contributed by atoms with Gasteiger partial charge in [0, 0.05) is 38.3 Å². The Balaban J connectivity index is 1.48. The molecule has 0 atom stereocenters. The highest BCUT2D eigenvalue weighted by molar-refractivity contribution is 6.26. The molecule has 8 rings (SSSR count). The van der Waals surface area contributed by atoms with Crippen molar-refractivity contribution in [3.63, 3.8) is 0 Å². The second kappa shape index (κ2) is 6.49. The maximum atomic E-state index is 3.55. The van der Waals surface area contributed by atoms with Crippen molar-refractivity contribution in [1.29, 1.82) is 0 Å². The van der Waals surface area contributed by atoms with Gasteiger partial charge in [0.1, 0.15) is 0 Å². The summed E-state index contributed by atoms with van der Waals surface area (Å²) < 4.78 is 2.40. The fourth-order valence-corrected chi connectivity index (χ4v) is 5.81. The number of hydrogen-bond acceptors (Lipinski definition) is 0. The molecule has 0 fully saturated rings. The maximum Gasteiger partial charge on any atom is 0.0547 e. The van der Waals surface area contributed by atoms with Crippen LogP contribution in [0.25, 0.3) is 71.2 Å². The van der Waals surface area contributed by atoms with Gasteiger partial charge in [0.15, 0.2) is 0 Å². The molecular weight excluding hydrogens is 412 g/mol. The smallest absolute Gasteiger partial charge is 0.0547 e. The molecule has 2 aromatic heterocycles. The van der Waals surface area contributed by atoms with Gasteiger partial charge in [0.05, 0.1) is 11.0 Å². The SMILES string of the molecule is c1ccc(-n2c3cccc4ccc5c(-c6ccc7[nH]c8ccccc8c7c6)ccc2c5c43)cc1. The zero-order chi connectivity index (χ0) is 22.2. The monoisotopic (exact) mass is 432 g/mol. The fourth-order valence-electron chi connectivity index (χ4n) is 5.81. The van der Waals surface area contributed by atoms with Crippen molar-refractivity contribution in [2.75, 3.05) is 0 Å². The largest absolute Gasteiger partial charge is 0.355 e. The first kappa shape index (κ1) is 17.9. The highest BCUT2D eigenvalue weighted by atomic mass is 15.0. The summed E-state index contributed by atoms with van der Waals surface area (Å²) in [4.78, 5) is 3.55. The lowest BCUT2D eigenvalue weighted by Gasteiger charge is -2.10. The lowest BCUT2D eigenvalue weighted by molar-refractivity contribution is 1.18. The van der Waals surface area contributed by atoms with Crippen LogP contribution in [-0.2, 0) is 0 Å². The van der Waals surface area contributed by atoms with Gasteiger partial charge >= 0.3 is 0 Å². The number of nitrogens with zero attached hydrogens (tertiary/aromatic N) is 1. The zero-order valence-electron chi connectivity index (χ0n) is 18.4. The molecule has 158 valence electrons. The third kappa shape index (κ3) is 2.29. The van der Waals surface area contributed by atoms with Crippen LogP contribution in [0.5, 0.6) is 0 Å². The quantitative estimate of drug-likeness (QED) is 0.264. The minimum Gasteiger partial charge on any atom is -0.355 e. The van der Waals surface area contributed by atoms with Gasteiger partial charge in [-0.15, -0.1) is 0 Å². The summed E-state index contributed by atoms with van der Waals surface area (Å²) in [6.07, 6.45) is 0. The topological polar surface area (TPSA) is 20.7 Å². The maximum absolute atomic E-state index is 3.55. The third-order valence-electron chi connectivity index (χ3n) is 7.29. The summed E-state index contributed by atoms with van der Waals surface area (Å²) >= 11 is 0. The Hall–Kier alpha value is -4.56. The number of benzene rings is 6. The summed E-state index contributed by atoms with van der Waals surface area (Å²) in [5.74, 6) is 0. The first-order valence-corrected chi connectivity index (χ1v) is 11.7. The molecule has 0 radical (unpaired) electrons. The summed E-state index contributed by atoms with van der Waals surface area (Å²) in [5.41, 5.74) is 8.59. The van der Waals surface area contributed by atoms with Gasteiger partial charge < -0.3 is 9.55 Å². The Bertz CT molecular complexity index is 2000. The number of rotatable bonds is 2. The molecule has 0 aliphatic heterocycles. The van der Waals surface area contributed by atoms with E-state index in [-0.39, 0.29) is 0 Å². The van der Waals surface area contributed by atoms with Crippen molar-refractivity contribution < 1.29 is 0 Å². The molecule has 34 heavy (non-hydrogen) atoms. The van der Waals surface area contributed by atoms with Crippen molar-refractivity contribution in [3.8, 4) is 16.8 Å². The minimum absolute atomic E-state index is 1.18. The average Bonchev–Trinajstić information content (AvgIpc) is 3.44. The Morgan fingerprint density at radius 2 is 1.32 bits per heavy atom. The minimum atomic E-state index is 1.18. The van der Waals surface area contributed by atoms with E-state index in [0.29, 0.717) is 0 Å². The van der Waals surface area contributed by atoms with Crippen LogP contribution in [0.2, 0.25) is 0 Å². The Morgan fingerprint density at radius 3 is 2.26 bits per heavy atom. The third-order valence-corrected chi connectivity index (χ3v) is 7.29. The van der Waals surface area contributed by atoms with Crippen LogP contribution in [0, 0.1) is 0 Å². The van der Waals surface area contributed by atoms with Gasteiger partial charge in [0.2, 0.25) is 0 Å². The lowest BCUT2D eigenvalue weighted by atomic mass is 9.94. The van der Waals surface area contributed by atoms with E-state index in [9.17, 15) is 0 Å². The first-order valence-electron chi connectivity index (χ1n) is 11.7. The lowest BCUT2D eigenvalue weighted by Crippen LogP contribution is -1.92. The molecule has 0 spiro atoms. The van der Waals surface area contributed by atoms with E-state index in [2.05, 4.69) is 125 Å². The number of nitrogens with one attached hydrogen (secondary N) is 1. The molecule has 1 N–H and O–H groups in total. The van der Waals surface area contributed by atoms with Gasteiger partial charge in [-0.25, -0.2) is 0 Å². The zero-order valence-corrected chi connectivity index (χ0v) is 18.4. The Kier molecular flexibility index (Phi) is 3.42. The van der Waals surface area contributed by atoms with E-state index < -0.39 is 0 Å². The van der Waals surface area contributed by atoms with Crippen LogP contribution in [0.1, 0.15) is 0 Å². The van der Waals surface area contributed by atoms with Crippen LogP contribution in [0.3, 0.4) is 0 Å². The van der Waals surface area contributed by atoms with E-state index >= 15 is 0 Å². The molecule has 2 heteroatoms. The van der Waals surface area contributed by atoms with E-state index in [1.807, 2.05) is 0 Å². The number of H-pyrrole nitrogens is 1. The molecule has 0 bridgehead atoms. The van der Waals surface area contributed by atoms with Crippen LogP contribution in [0.15, 0.2) is 115 Å². The van der Waals surface area contributed by atoms with Crippen LogP contribution >= 0.6 is 0 Å². The molecule has 8 aromatic rings. The second-order valence-electron chi connectivity index (χ2n) is 9.10. The number of hydrogen-bond donors (Lipinski definition) is 1. The first-order chi connectivity index (χ1) is 16.9. The number of aromatic amines is 1.